The average Bonchev–Trinajstić information content (AvgIpc) is 2.79. The summed E-state index contributed by atoms with van der Waals surface area (Å²) in [7, 11) is 0. The summed E-state index contributed by atoms with van der Waals surface area (Å²) in [6.07, 6.45) is 3.85. The van der Waals surface area contributed by atoms with E-state index >= 15 is 0 Å². The number of carbonyl (C=O) groups excluding carboxylic acids is 1. The predicted molar refractivity (Wildman–Crippen MR) is 68.1 cm³/mol. The van der Waals surface area contributed by atoms with Crippen LogP contribution in [0.15, 0.2) is 6.33 Å². The second-order valence-corrected chi connectivity index (χ2v) is 4.82. The van der Waals surface area contributed by atoms with Crippen molar-refractivity contribution >= 4 is 5.78 Å². The summed E-state index contributed by atoms with van der Waals surface area (Å²) in [5, 5.41) is 4.07. The zero-order valence-corrected chi connectivity index (χ0v) is 10.9. The Morgan fingerprint density at radius 3 is 2.89 bits per heavy atom. The van der Waals surface area contributed by atoms with Gasteiger partial charge in [-0.05, 0) is 19.8 Å². The van der Waals surface area contributed by atoms with Crippen LogP contribution < -0.4 is 5.73 Å². The molecule has 6 heteroatoms. The lowest BCUT2D eigenvalue weighted by Crippen LogP contribution is -2.42. The lowest BCUT2D eigenvalue weighted by Gasteiger charge is -2.29. The number of aromatic nitrogens is 3. The van der Waals surface area contributed by atoms with E-state index in [4.69, 9.17) is 5.73 Å². The first kappa shape index (κ1) is 13.2. The molecule has 0 aliphatic carbocycles. The normalized spacial score (nSPS) is 18.1. The number of carbonyl (C=O) groups is 1. The summed E-state index contributed by atoms with van der Waals surface area (Å²) in [6.45, 7) is 5.10. The minimum Gasteiger partial charge on any atom is -0.328 e. The number of hydrogen-bond donors (Lipinski definition) is 1. The highest BCUT2D eigenvalue weighted by Gasteiger charge is 2.19. The molecule has 0 unspecified atom stereocenters. The van der Waals surface area contributed by atoms with Gasteiger partial charge in [0.05, 0.1) is 13.0 Å². The molecular formula is C12H21N5O. The SMILES string of the molecule is CCn1ncnc1CC(=O)CN1CCC(N)CC1. The van der Waals surface area contributed by atoms with E-state index < -0.39 is 0 Å². The van der Waals surface area contributed by atoms with Crippen molar-refractivity contribution < 1.29 is 4.79 Å². The van der Waals surface area contributed by atoms with Gasteiger partial charge in [0.25, 0.3) is 0 Å². The standard InChI is InChI=1S/C12H21N5O/c1-2-17-12(14-9-15-17)7-11(18)8-16-5-3-10(13)4-6-16/h9-10H,2-8,13H2,1H3. The minimum atomic E-state index is 0.202. The monoisotopic (exact) mass is 251 g/mol. The van der Waals surface area contributed by atoms with Crippen LogP contribution in [0.25, 0.3) is 0 Å². The second kappa shape index (κ2) is 6.06. The van der Waals surface area contributed by atoms with Crippen molar-refractivity contribution in [3.63, 3.8) is 0 Å². The molecule has 18 heavy (non-hydrogen) atoms. The smallest absolute Gasteiger partial charge is 0.154 e. The zero-order chi connectivity index (χ0) is 13.0. The van der Waals surface area contributed by atoms with Gasteiger partial charge >= 0.3 is 0 Å². The lowest BCUT2D eigenvalue weighted by atomic mass is 10.1. The van der Waals surface area contributed by atoms with Crippen LogP contribution in [0.4, 0.5) is 0 Å². The maximum atomic E-state index is 12.0. The van der Waals surface area contributed by atoms with Crippen molar-refractivity contribution in [1.82, 2.24) is 19.7 Å². The van der Waals surface area contributed by atoms with E-state index in [9.17, 15) is 4.79 Å². The number of nitrogens with two attached hydrogens (primary N) is 1. The molecular weight excluding hydrogens is 230 g/mol. The van der Waals surface area contributed by atoms with E-state index in [2.05, 4.69) is 15.0 Å². The molecule has 6 nitrogen and oxygen atoms in total. The number of Topliss-reactive ketones (excluding diaryl/α,β-unsaturated/α-hetero) is 1. The Morgan fingerprint density at radius 2 is 2.22 bits per heavy atom. The first-order chi connectivity index (χ1) is 8.69. The molecule has 1 saturated heterocycles. The highest BCUT2D eigenvalue weighted by atomic mass is 16.1. The summed E-state index contributed by atoms with van der Waals surface area (Å²) in [4.78, 5) is 18.3. The zero-order valence-electron chi connectivity index (χ0n) is 10.9. The first-order valence-corrected chi connectivity index (χ1v) is 6.55. The van der Waals surface area contributed by atoms with Crippen LogP contribution in [0.2, 0.25) is 0 Å². The molecule has 0 amide bonds. The molecule has 0 saturated carbocycles. The minimum absolute atomic E-state index is 0.202. The Bertz CT molecular complexity index is 395. The fourth-order valence-corrected chi connectivity index (χ4v) is 2.28. The van der Waals surface area contributed by atoms with Crippen LogP contribution in [0, 0.1) is 0 Å². The molecule has 0 radical (unpaired) electrons. The Hall–Kier alpha value is -1.27. The van der Waals surface area contributed by atoms with Gasteiger partial charge in [-0.1, -0.05) is 0 Å². The number of likely N-dealkylation sites (tertiary alicyclic amines) is 1. The number of nitrogens with zero attached hydrogens (tertiary/aromatic N) is 4. The molecule has 2 N–H and O–H groups in total. The number of hydrogen-bond acceptors (Lipinski definition) is 5. The van der Waals surface area contributed by atoms with Gasteiger partial charge in [0.15, 0.2) is 5.78 Å². The number of rotatable bonds is 5. The third-order valence-corrected chi connectivity index (χ3v) is 3.38. The summed E-state index contributed by atoms with van der Waals surface area (Å²) >= 11 is 0. The van der Waals surface area contributed by atoms with E-state index in [1.165, 1.54) is 6.33 Å². The third kappa shape index (κ3) is 3.36. The van der Waals surface area contributed by atoms with Gasteiger partial charge in [0, 0.05) is 25.7 Å². The van der Waals surface area contributed by atoms with E-state index in [0.29, 0.717) is 19.0 Å². The van der Waals surface area contributed by atoms with Crippen LogP contribution in [-0.4, -0.2) is 51.1 Å². The van der Waals surface area contributed by atoms with E-state index in [0.717, 1.165) is 38.3 Å². The molecule has 0 aromatic carbocycles. The van der Waals surface area contributed by atoms with Crippen molar-refractivity contribution in [1.29, 1.82) is 0 Å². The number of piperidine rings is 1. The molecule has 0 bridgehead atoms. The van der Waals surface area contributed by atoms with Crippen LogP contribution in [0.3, 0.4) is 0 Å². The van der Waals surface area contributed by atoms with Crippen molar-refractivity contribution in [3.05, 3.63) is 12.2 Å². The maximum absolute atomic E-state index is 12.0. The third-order valence-electron chi connectivity index (χ3n) is 3.38. The molecule has 0 spiro atoms. The van der Waals surface area contributed by atoms with Gasteiger partial charge in [-0.3, -0.25) is 9.69 Å². The molecule has 1 aliphatic heterocycles. The average molecular weight is 251 g/mol. The van der Waals surface area contributed by atoms with Crippen LogP contribution in [0.1, 0.15) is 25.6 Å². The van der Waals surface area contributed by atoms with Crippen molar-refractivity contribution in [2.45, 2.75) is 38.8 Å². The molecule has 1 aliphatic rings. The summed E-state index contributed by atoms with van der Waals surface area (Å²) < 4.78 is 1.77. The Labute approximate surface area is 107 Å². The van der Waals surface area contributed by atoms with Gasteiger partial charge in [0.2, 0.25) is 0 Å². The quantitative estimate of drug-likeness (QED) is 0.786. The maximum Gasteiger partial charge on any atom is 0.154 e. The second-order valence-electron chi connectivity index (χ2n) is 4.82. The van der Waals surface area contributed by atoms with E-state index in [-0.39, 0.29) is 5.78 Å². The molecule has 1 aromatic rings. The van der Waals surface area contributed by atoms with Gasteiger partial charge in [-0.2, -0.15) is 5.10 Å². The Kier molecular flexibility index (Phi) is 4.43. The van der Waals surface area contributed by atoms with Gasteiger partial charge in [0.1, 0.15) is 12.2 Å². The van der Waals surface area contributed by atoms with Crippen molar-refractivity contribution in [3.8, 4) is 0 Å². The lowest BCUT2D eigenvalue weighted by molar-refractivity contribution is -0.120. The highest BCUT2D eigenvalue weighted by molar-refractivity contribution is 5.82. The van der Waals surface area contributed by atoms with Crippen LogP contribution >= 0.6 is 0 Å². The summed E-state index contributed by atoms with van der Waals surface area (Å²) in [5.41, 5.74) is 5.84. The fraction of sp³-hybridized carbons (Fsp3) is 0.750. The van der Waals surface area contributed by atoms with Gasteiger partial charge in [-0.25, -0.2) is 9.67 Å². The van der Waals surface area contributed by atoms with E-state index in [1.54, 1.807) is 4.68 Å². The molecule has 1 aromatic heterocycles. The van der Waals surface area contributed by atoms with Crippen molar-refractivity contribution in [2.75, 3.05) is 19.6 Å². The highest BCUT2D eigenvalue weighted by Crippen LogP contribution is 2.08. The number of aryl methyl sites for hydroxylation is 1. The molecule has 0 atom stereocenters. The Morgan fingerprint density at radius 1 is 1.50 bits per heavy atom. The van der Waals surface area contributed by atoms with Crippen LogP contribution in [0.5, 0.6) is 0 Å². The predicted octanol–water partition coefficient (Wildman–Crippen LogP) is -0.167. The van der Waals surface area contributed by atoms with Gasteiger partial charge in [-0.15, -0.1) is 0 Å². The van der Waals surface area contributed by atoms with E-state index in [1.807, 2.05) is 6.92 Å². The Balaban J connectivity index is 1.82. The summed E-state index contributed by atoms with van der Waals surface area (Å²) in [5.74, 6) is 0.962. The number of ketones is 1. The van der Waals surface area contributed by atoms with Crippen molar-refractivity contribution in [2.24, 2.45) is 5.73 Å². The topological polar surface area (TPSA) is 77.0 Å². The molecule has 100 valence electrons. The summed E-state index contributed by atoms with van der Waals surface area (Å²) in [6, 6.07) is 0.305. The fourth-order valence-electron chi connectivity index (χ4n) is 2.28. The largest absolute Gasteiger partial charge is 0.328 e. The molecule has 2 heterocycles. The molecule has 1 fully saturated rings. The van der Waals surface area contributed by atoms with Crippen LogP contribution in [-0.2, 0) is 17.8 Å². The first-order valence-electron chi connectivity index (χ1n) is 6.55. The van der Waals surface area contributed by atoms with Gasteiger partial charge < -0.3 is 5.73 Å². The molecule has 2 rings (SSSR count).